The smallest absolute Gasteiger partial charge is 0.368 e. The fourth-order valence-corrected chi connectivity index (χ4v) is 3.24. The molecule has 0 bridgehead atoms. The lowest BCUT2D eigenvalue weighted by molar-refractivity contribution is -0.136. The third kappa shape index (κ3) is 4.25. The molecule has 0 atom stereocenters. The lowest BCUT2D eigenvalue weighted by Crippen LogP contribution is -2.06. The molecule has 0 aliphatic carbocycles. The highest BCUT2D eigenvalue weighted by Crippen LogP contribution is 2.30. The van der Waals surface area contributed by atoms with Crippen molar-refractivity contribution >= 4 is 17.8 Å². The van der Waals surface area contributed by atoms with Crippen LogP contribution in [0, 0.1) is 6.92 Å². The molecule has 0 amide bonds. The molecule has 0 aromatic heterocycles. The second-order valence-electron chi connectivity index (χ2n) is 6.93. The predicted octanol–water partition coefficient (Wildman–Crippen LogP) is 4.93. The predicted molar refractivity (Wildman–Crippen MR) is 116 cm³/mol. The Morgan fingerprint density at radius 2 is 1.80 bits per heavy atom. The highest BCUT2D eigenvalue weighted by Gasteiger charge is 2.26. The molecule has 1 heterocycles. The molecular formula is C25H21NO4. The number of carbonyl (C=O) groups excluding carboxylic acids is 1. The Morgan fingerprint density at radius 3 is 2.57 bits per heavy atom. The molecule has 5 heteroatoms. The first-order chi connectivity index (χ1) is 14.6. The topological polar surface area (TPSA) is 57.1 Å². The maximum absolute atomic E-state index is 12.2. The van der Waals surface area contributed by atoms with Crippen molar-refractivity contribution < 1.29 is 19.1 Å². The summed E-state index contributed by atoms with van der Waals surface area (Å²) >= 11 is 0. The van der Waals surface area contributed by atoms with Gasteiger partial charge in [0, 0.05) is 5.56 Å². The number of carbonyl (C=O) groups is 1. The van der Waals surface area contributed by atoms with Gasteiger partial charge in [0.15, 0.2) is 11.5 Å². The van der Waals surface area contributed by atoms with Crippen LogP contribution in [0.1, 0.15) is 22.3 Å². The van der Waals surface area contributed by atoms with E-state index in [9.17, 15) is 4.79 Å². The Kier molecular flexibility index (Phi) is 5.61. The van der Waals surface area contributed by atoms with E-state index in [-0.39, 0.29) is 0 Å². The average Bonchev–Trinajstić information content (AvgIpc) is 3.13. The van der Waals surface area contributed by atoms with Gasteiger partial charge in [-0.15, -0.1) is 0 Å². The van der Waals surface area contributed by atoms with Gasteiger partial charge in [-0.25, -0.2) is 4.79 Å². The molecular weight excluding hydrogens is 378 g/mol. The molecule has 0 fully saturated rings. The Hall–Kier alpha value is -3.86. The minimum Gasteiger partial charge on any atom is -0.493 e. The maximum atomic E-state index is 12.2. The summed E-state index contributed by atoms with van der Waals surface area (Å²) in [5.41, 5.74) is 4.79. The summed E-state index contributed by atoms with van der Waals surface area (Å²) in [5.74, 6) is 0.737. The van der Waals surface area contributed by atoms with E-state index in [0.29, 0.717) is 29.4 Å². The molecule has 30 heavy (non-hydrogen) atoms. The van der Waals surface area contributed by atoms with Gasteiger partial charge in [0.2, 0.25) is 0 Å². The van der Waals surface area contributed by atoms with E-state index in [1.165, 1.54) is 5.56 Å². The average molecular weight is 399 g/mol. The zero-order valence-corrected chi connectivity index (χ0v) is 16.8. The van der Waals surface area contributed by atoms with E-state index in [0.717, 1.165) is 16.7 Å². The second-order valence-corrected chi connectivity index (χ2v) is 6.93. The first-order valence-corrected chi connectivity index (χ1v) is 9.57. The highest BCUT2D eigenvalue weighted by atomic mass is 16.7. The molecule has 3 aromatic carbocycles. The van der Waals surface area contributed by atoms with Gasteiger partial charge in [0.05, 0.1) is 12.7 Å². The van der Waals surface area contributed by atoms with Crippen LogP contribution in [0.2, 0.25) is 0 Å². The molecule has 0 radical (unpaired) electrons. The van der Waals surface area contributed by atoms with Crippen molar-refractivity contribution in [2.45, 2.75) is 13.5 Å². The van der Waals surface area contributed by atoms with Gasteiger partial charge < -0.3 is 14.3 Å². The van der Waals surface area contributed by atoms with Crippen molar-refractivity contribution in [1.82, 2.24) is 0 Å². The van der Waals surface area contributed by atoms with Crippen LogP contribution in [0.25, 0.3) is 6.08 Å². The van der Waals surface area contributed by atoms with Crippen LogP contribution in [0.4, 0.5) is 0 Å². The van der Waals surface area contributed by atoms with Gasteiger partial charge in [-0.3, -0.25) is 0 Å². The van der Waals surface area contributed by atoms with Gasteiger partial charge in [-0.2, -0.15) is 0 Å². The number of oxime groups is 1. The summed E-state index contributed by atoms with van der Waals surface area (Å²) < 4.78 is 11.4. The maximum Gasteiger partial charge on any atom is 0.368 e. The number of rotatable bonds is 6. The lowest BCUT2D eigenvalue weighted by Gasteiger charge is -2.12. The van der Waals surface area contributed by atoms with Crippen LogP contribution >= 0.6 is 0 Å². The largest absolute Gasteiger partial charge is 0.493 e. The van der Waals surface area contributed by atoms with Crippen molar-refractivity contribution in [1.29, 1.82) is 0 Å². The van der Waals surface area contributed by atoms with Crippen molar-refractivity contribution in [2.24, 2.45) is 5.16 Å². The standard InChI is InChI=1S/C25H21NO4/c1-17-7-6-8-19(13-17)16-29-22-12-11-18(15-23(22)28-2)14-21-24(26-30-25(21)27)20-9-4-3-5-10-20/h3-15H,16H2,1-2H3/b21-14+. The van der Waals surface area contributed by atoms with Crippen LogP contribution in [0.15, 0.2) is 83.5 Å². The molecule has 1 aliphatic rings. The molecule has 0 saturated heterocycles. The molecule has 1 aliphatic heterocycles. The van der Waals surface area contributed by atoms with E-state index >= 15 is 0 Å². The van der Waals surface area contributed by atoms with E-state index in [1.54, 1.807) is 13.2 Å². The Labute approximate surface area is 175 Å². The van der Waals surface area contributed by atoms with E-state index in [4.69, 9.17) is 14.3 Å². The number of hydrogen-bond acceptors (Lipinski definition) is 5. The Morgan fingerprint density at radius 1 is 0.967 bits per heavy atom. The van der Waals surface area contributed by atoms with Crippen LogP contribution in [-0.2, 0) is 16.2 Å². The number of ether oxygens (including phenoxy) is 2. The molecule has 4 rings (SSSR count). The number of aryl methyl sites for hydroxylation is 1. The molecule has 0 unspecified atom stereocenters. The van der Waals surface area contributed by atoms with Gasteiger partial charge in [-0.05, 0) is 36.3 Å². The summed E-state index contributed by atoms with van der Waals surface area (Å²) in [6.07, 6.45) is 1.74. The second kappa shape index (κ2) is 8.66. The minimum absolute atomic E-state index is 0.400. The summed E-state index contributed by atoms with van der Waals surface area (Å²) in [6, 6.07) is 23.2. The molecule has 0 spiro atoms. The fourth-order valence-electron chi connectivity index (χ4n) is 3.24. The summed E-state index contributed by atoms with van der Waals surface area (Å²) in [7, 11) is 1.59. The number of methoxy groups -OCH3 is 1. The molecule has 3 aromatic rings. The van der Waals surface area contributed by atoms with Crippen LogP contribution in [0.5, 0.6) is 11.5 Å². The Bertz CT molecular complexity index is 1130. The van der Waals surface area contributed by atoms with Crippen LogP contribution in [0.3, 0.4) is 0 Å². The normalized spacial score (nSPS) is 14.4. The van der Waals surface area contributed by atoms with E-state index in [1.807, 2.05) is 73.7 Å². The quantitative estimate of drug-likeness (QED) is 0.436. The minimum atomic E-state index is -0.479. The number of benzene rings is 3. The van der Waals surface area contributed by atoms with Crippen molar-refractivity contribution in [3.8, 4) is 11.5 Å². The van der Waals surface area contributed by atoms with Crippen molar-refractivity contribution in [3.05, 3.63) is 101 Å². The number of hydrogen-bond donors (Lipinski definition) is 0. The molecule has 150 valence electrons. The lowest BCUT2D eigenvalue weighted by atomic mass is 10.0. The van der Waals surface area contributed by atoms with Crippen LogP contribution in [-0.4, -0.2) is 18.8 Å². The fraction of sp³-hybridized carbons (Fsp3) is 0.120. The first kappa shape index (κ1) is 19.5. The first-order valence-electron chi connectivity index (χ1n) is 9.57. The van der Waals surface area contributed by atoms with E-state index in [2.05, 4.69) is 11.2 Å². The van der Waals surface area contributed by atoms with Crippen molar-refractivity contribution in [3.63, 3.8) is 0 Å². The third-order valence-corrected chi connectivity index (χ3v) is 4.72. The van der Waals surface area contributed by atoms with Crippen molar-refractivity contribution in [2.75, 3.05) is 7.11 Å². The monoisotopic (exact) mass is 399 g/mol. The molecule has 0 N–H and O–H groups in total. The Balaban J connectivity index is 1.57. The molecule has 0 saturated carbocycles. The summed E-state index contributed by atoms with van der Waals surface area (Å²) in [6.45, 7) is 2.49. The summed E-state index contributed by atoms with van der Waals surface area (Å²) in [5, 5.41) is 3.94. The van der Waals surface area contributed by atoms with Gasteiger partial charge in [0.25, 0.3) is 0 Å². The van der Waals surface area contributed by atoms with Gasteiger partial charge >= 0.3 is 5.97 Å². The summed E-state index contributed by atoms with van der Waals surface area (Å²) in [4.78, 5) is 17.1. The van der Waals surface area contributed by atoms with Gasteiger partial charge in [0.1, 0.15) is 12.3 Å². The number of nitrogens with zero attached hydrogens (tertiary/aromatic N) is 1. The van der Waals surface area contributed by atoms with Gasteiger partial charge in [-0.1, -0.05) is 71.4 Å². The van der Waals surface area contributed by atoms with Crippen LogP contribution < -0.4 is 9.47 Å². The third-order valence-electron chi connectivity index (χ3n) is 4.72. The zero-order valence-electron chi connectivity index (χ0n) is 16.8. The SMILES string of the molecule is COc1cc(/C=C2/C(=O)ON=C2c2ccccc2)ccc1OCc1cccc(C)c1. The highest BCUT2D eigenvalue weighted by molar-refractivity contribution is 6.31. The molecule has 5 nitrogen and oxygen atoms in total. The zero-order chi connectivity index (χ0) is 20.9. The van der Waals surface area contributed by atoms with E-state index < -0.39 is 5.97 Å².